The molecule has 5 nitrogen and oxygen atoms in total. The molecule has 1 aliphatic heterocycles. The van der Waals surface area contributed by atoms with Crippen LogP contribution in [-0.2, 0) is 0 Å². The number of anilines is 2. The maximum Gasteiger partial charge on any atom is 0.337 e. The van der Waals surface area contributed by atoms with Crippen LogP contribution in [0.25, 0.3) is 0 Å². The second kappa shape index (κ2) is 5.48. The smallest absolute Gasteiger partial charge is 0.337 e. The van der Waals surface area contributed by atoms with Crippen LogP contribution in [0, 0.1) is 0 Å². The fourth-order valence-corrected chi connectivity index (χ4v) is 2.75. The lowest BCUT2D eigenvalue weighted by Crippen LogP contribution is -2.38. The van der Waals surface area contributed by atoms with E-state index in [9.17, 15) is 4.79 Å². The Kier molecular flexibility index (Phi) is 3.95. The topological polar surface area (TPSA) is 69.8 Å². The molecule has 1 saturated heterocycles. The maximum absolute atomic E-state index is 11.1. The molecule has 1 aromatic carbocycles. The molecule has 1 unspecified atom stereocenters. The number of likely N-dealkylation sites (N-methyl/N-ethyl adjacent to an activating group) is 1. The van der Waals surface area contributed by atoms with Crippen LogP contribution in [0.1, 0.15) is 23.2 Å². The average molecular weight is 263 g/mol. The van der Waals surface area contributed by atoms with Gasteiger partial charge in [-0.1, -0.05) is 6.07 Å². The zero-order valence-corrected chi connectivity index (χ0v) is 11.5. The summed E-state index contributed by atoms with van der Waals surface area (Å²) >= 11 is 0. The lowest BCUT2D eigenvalue weighted by Gasteiger charge is -2.30. The van der Waals surface area contributed by atoms with Gasteiger partial charge in [-0.2, -0.15) is 0 Å². The zero-order chi connectivity index (χ0) is 14.0. The average Bonchev–Trinajstić information content (AvgIpc) is 2.76. The van der Waals surface area contributed by atoms with Crippen LogP contribution < -0.4 is 10.6 Å². The predicted molar refractivity (Wildman–Crippen MR) is 76.7 cm³/mol. The molecule has 1 heterocycles. The number of aromatic carboxylic acids is 1. The number of nitrogens with two attached hydrogens (primary N) is 1. The summed E-state index contributed by atoms with van der Waals surface area (Å²) in [5.74, 6) is -0.970. The van der Waals surface area contributed by atoms with Gasteiger partial charge in [0.05, 0.1) is 16.9 Å². The molecule has 0 aliphatic carbocycles. The van der Waals surface area contributed by atoms with Crippen LogP contribution in [0.5, 0.6) is 0 Å². The maximum atomic E-state index is 11.1. The van der Waals surface area contributed by atoms with Crippen LogP contribution >= 0.6 is 0 Å². The van der Waals surface area contributed by atoms with Gasteiger partial charge in [0.25, 0.3) is 0 Å². The third-order valence-electron chi connectivity index (χ3n) is 3.58. The Balaban J connectivity index is 2.30. The van der Waals surface area contributed by atoms with E-state index < -0.39 is 5.97 Å². The number of carbonyl (C=O) groups is 1. The molecule has 0 spiro atoms. The lowest BCUT2D eigenvalue weighted by atomic mass is 10.1. The van der Waals surface area contributed by atoms with Gasteiger partial charge in [0.15, 0.2) is 0 Å². The van der Waals surface area contributed by atoms with Crippen molar-refractivity contribution in [2.75, 3.05) is 37.8 Å². The minimum atomic E-state index is -0.970. The second-order valence-electron chi connectivity index (χ2n) is 5.30. The first kappa shape index (κ1) is 13.7. The molecule has 104 valence electrons. The molecule has 1 atom stereocenters. The molecule has 19 heavy (non-hydrogen) atoms. The van der Waals surface area contributed by atoms with E-state index in [0.29, 0.717) is 11.7 Å². The van der Waals surface area contributed by atoms with Crippen molar-refractivity contribution in [2.45, 2.75) is 18.9 Å². The van der Waals surface area contributed by atoms with Gasteiger partial charge in [0, 0.05) is 19.1 Å². The van der Waals surface area contributed by atoms with Crippen molar-refractivity contribution in [3.05, 3.63) is 23.8 Å². The minimum Gasteiger partial charge on any atom is -0.478 e. The van der Waals surface area contributed by atoms with E-state index in [0.717, 1.165) is 31.6 Å². The zero-order valence-electron chi connectivity index (χ0n) is 11.5. The summed E-state index contributed by atoms with van der Waals surface area (Å²) in [6, 6.07) is 5.63. The van der Waals surface area contributed by atoms with E-state index in [4.69, 9.17) is 10.8 Å². The number of hydrogen-bond donors (Lipinski definition) is 2. The van der Waals surface area contributed by atoms with Gasteiger partial charge in [-0.05, 0) is 39.1 Å². The highest BCUT2D eigenvalue weighted by Gasteiger charge is 2.27. The molecule has 0 saturated carbocycles. The van der Waals surface area contributed by atoms with Crippen molar-refractivity contribution in [1.82, 2.24) is 4.90 Å². The number of hydrogen-bond acceptors (Lipinski definition) is 4. The van der Waals surface area contributed by atoms with Gasteiger partial charge < -0.3 is 20.6 Å². The quantitative estimate of drug-likeness (QED) is 0.806. The fraction of sp³-hybridized carbons (Fsp3) is 0.500. The number of carboxylic acid groups (broad SMARTS) is 1. The SMILES string of the molecule is CN(C)CC1CCCN1c1cccc(C(=O)O)c1N. The molecule has 2 rings (SSSR count). The number of nitrogen functional groups attached to an aromatic ring is 1. The van der Waals surface area contributed by atoms with Crippen molar-refractivity contribution in [3.8, 4) is 0 Å². The Hall–Kier alpha value is -1.75. The summed E-state index contributed by atoms with van der Waals surface area (Å²) in [4.78, 5) is 15.5. The van der Waals surface area contributed by atoms with Crippen LogP contribution in [-0.4, -0.2) is 49.2 Å². The Morgan fingerprint density at radius 3 is 2.89 bits per heavy atom. The fourth-order valence-electron chi connectivity index (χ4n) is 2.75. The van der Waals surface area contributed by atoms with Crippen molar-refractivity contribution in [1.29, 1.82) is 0 Å². The van der Waals surface area contributed by atoms with Gasteiger partial charge in [-0.15, -0.1) is 0 Å². The summed E-state index contributed by atoms with van der Waals surface area (Å²) in [5, 5.41) is 9.14. The molecule has 0 amide bonds. The van der Waals surface area contributed by atoms with Crippen molar-refractivity contribution in [2.24, 2.45) is 0 Å². The van der Waals surface area contributed by atoms with Crippen molar-refractivity contribution < 1.29 is 9.90 Å². The Bertz CT molecular complexity index is 474. The van der Waals surface area contributed by atoms with Gasteiger partial charge >= 0.3 is 5.97 Å². The molecule has 1 aliphatic rings. The monoisotopic (exact) mass is 263 g/mol. The molecule has 0 aromatic heterocycles. The highest BCUT2D eigenvalue weighted by atomic mass is 16.4. The van der Waals surface area contributed by atoms with Gasteiger partial charge in [-0.25, -0.2) is 4.79 Å². The third kappa shape index (κ3) is 2.81. The largest absolute Gasteiger partial charge is 0.478 e. The van der Waals surface area contributed by atoms with E-state index in [-0.39, 0.29) is 5.56 Å². The summed E-state index contributed by atoms with van der Waals surface area (Å²) in [5.41, 5.74) is 7.44. The van der Waals surface area contributed by atoms with E-state index in [1.54, 1.807) is 12.1 Å². The molecular weight excluding hydrogens is 242 g/mol. The minimum absolute atomic E-state index is 0.188. The molecule has 5 heteroatoms. The predicted octanol–water partition coefficient (Wildman–Crippen LogP) is 1.50. The molecular formula is C14H21N3O2. The molecule has 0 radical (unpaired) electrons. The lowest BCUT2D eigenvalue weighted by molar-refractivity contribution is 0.0698. The van der Waals surface area contributed by atoms with Crippen LogP contribution in [0.4, 0.5) is 11.4 Å². The molecule has 3 N–H and O–H groups in total. The third-order valence-corrected chi connectivity index (χ3v) is 3.58. The highest BCUT2D eigenvalue weighted by molar-refractivity contribution is 5.97. The first-order chi connectivity index (χ1) is 9.00. The number of benzene rings is 1. The standard InChI is InChI=1S/C14H21N3O2/c1-16(2)9-10-5-4-8-17(10)12-7-3-6-11(13(12)15)14(18)19/h3,6-7,10H,4-5,8-9,15H2,1-2H3,(H,18,19). The molecule has 1 aromatic rings. The number of carboxylic acids is 1. The van der Waals surface area contributed by atoms with E-state index in [1.807, 2.05) is 20.2 Å². The van der Waals surface area contributed by atoms with E-state index in [2.05, 4.69) is 9.80 Å². The summed E-state index contributed by atoms with van der Waals surface area (Å²) < 4.78 is 0. The number of rotatable bonds is 4. The Morgan fingerprint density at radius 2 is 2.26 bits per heavy atom. The van der Waals surface area contributed by atoms with Gasteiger partial charge in [-0.3, -0.25) is 0 Å². The van der Waals surface area contributed by atoms with Crippen molar-refractivity contribution in [3.63, 3.8) is 0 Å². The number of para-hydroxylation sites is 1. The normalized spacial score (nSPS) is 19.1. The van der Waals surface area contributed by atoms with Gasteiger partial charge in [0.1, 0.15) is 0 Å². The number of nitrogens with zero attached hydrogens (tertiary/aromatic N) is 2. The van der Waals surface area contributed by atoms with Crippen LogP contribution in [0.15, 0.2) is 18.2 Å². The summed E-state index contributed by atoms with van der Waals surface area (Å²) in [7, 11) is 4.10. The van der Waals surface area contributed by atoms with E-state index >= 15 is 0 Å². The Morgan fingerprint density at radius 1 is 1.53 bits per heavy atom. The first-order valence-corrected chi connectivity index (χ1v) is 6.54. The molecule has 1 fully saturated rings. The summed E-state index contributed by atoms with van der Waals surface area (Å²) in [6.07, 6.45) is 2.24. The van der Waals surface area contributed by atoms with Gasteiger partial charge in [0.2, 0.25) is 0 Å². The second-order valence-corrected chi connectivity index (χ2v) is 5.30. The first-order valence-electron chi connectivity index (χ1n) is 6.54. The Labute approximate surface area is 113 Å². The van der Waals surface area contributed by atoms with Crippen molar-refractivity contribution >= 4 is 17.3 Å². The van der Waals surface area contributed by atoms with Crippen LogP contribution in [0.2, 0.25) is 0 Å². The summed E-state index contributed by atoms with van der Waals surface area (Å²) in [6.45, 7) is 1.89. The highest BCUT2D eigenvalue weighted by Crippen LogP contribution is 2.32. The molecule has 0 bridgehead atoms. The van der Waals surface area contributed by atoms with Crippen LogP contribution in [0.3, 0.4) is 0 Å². The van der Waals surface area contributed by atoms with E-state index in [1.165, 1.54) is 0 Å².